The lowest BCUT2D eigenvalue weighted by atomic mass is 10.4. The summed E-state index contributed by atoms with van der Waals surface area (Å²) in [4.78, 5) is 3.42. The van der Waals surface area contributed by atoms with Crippen LogP contribution >= 0.6 is 0 Å². The van der Waals surface area contributed by atoms with Crippen LogP contribution in [0.5, 0.6) is 0 Å². The highest BCUT2D eigenvalue weighted by molar-refractivity contribution is 4.65. The van der Waals surface area contributed by atoms with Gasteiger partial charge in [0.05, 0.1) is 19.8 Å². The summed E-state index contributed by atoms with van der Waals surface area (Å²) in [7, 11) is 1.49. The molecule has 0 saturated carbocycles. The number of alkyl halides is 3. The first-order valence-corrected chi connectivity index (χ1v) is 5.03. The first kappa shape index (κ1) is 12.7. The van der Waals surface area contributed by atoms with Crippen molar-refractivity contribution in [1.82, 2.24) is 9.80 Å². The van der Waals surface area contributed by atoms with Crippen LogP contribution in [-0.2, 0) is 4.74 Å². The predicted octanol–water partition coefficient (Wildman–Crippen LogP) is 0.813. The second-order valence-electron chi connectivity index (χ2n) is 3.81. The van der Waals surface area contributed by atoms with Crippen molar-refractivity contribution in [2.75, 3.05) is 53.0 Å². The zero-order valence-corrected chi connectivity index (χ0v) is 8.89. The molecule has 1 fully saturated rings. The molecule has 0 aromatic carbocycles. The Morgan fingerprint density at radius 1 is 1.27 bits per heavy atom. The van der Waals surface area contributed by atoms with E-state index < -0.39 is 12.7 Å². The highest BCUT2D eigenvalue weighted by atomic mass is 19.4. The summed E-state index contributed by atoms with van der Waals surface area (Å²) in [6.07, 6.45) is -4.10. The van der Waals surface area contributed by atoms with Gasteiger partial charge in [-0.25, -0.2) is 0 Å². The fraction of sp³-hybridized carbons (Fsp3) is 1.00. The summed E-state index contributed by atoms with van der Waals surface area (Å²) in [5.41, 5.74) is 0. The van der Waals surface area contributed by atoms with E-state index in [-0.39, 0.29) is 0 Å². The van der Waals surface area contributed by atoms with Crippen LogP contribution in [-0.4, -0.2) is 69.0 Å². The molecule has 90 valence electrons. The van der Waals surface area contributed by atoms with Crippen molar-refractivity contribution in [3.63, 3.8) is 0 Å². The average Bonchev–Trinajstić information content (AvgIpc) is 2.14. The molecule has 1 aliphatic heterocycles. The number of hydrogen-bond acceptors (Lipinski definition) is 3. The van der Waals surface area contributed by atoms with Crippen molar-refractivity contribution >= 4 is 0 Å². The van der Waals surface area contributed by atoms with Crippen LogP contribution in [0.25, 0.3) is 0 Å². The number of rotatable bonds is 4. The molecule has 0 aliphatic carbocycles. The molecule has 0 N–H and O–H groups in total. The lowest BCUT2D eigenvalue weighted by Gasteiger charge is -2.28. The molecule has 1 saturated heterocycles. The lowest BCUT2D eigenvalue weighted by Crippen LogP contribution is -2.42. The Kier molecular flexibility index (Phi) is 4.82. The molecule has 0 radical (unpaired) electrons. The quantitative estimate of drug-likeness (QED) is 0.705. The van der Waals surface area contributed by atoms with Gasteiger partial charge in [-0.15, -0.1) is 0 Å². The molecule has 0 amide bonds. The summed E-state index contributed by atoms with van der Waals surface area (Å²) in [5, 5.41) is 0. The monoisotopic (exact) mass is 226 g/mol. The predicted molar refractivity (Wildman–Crippen MR) is 50.8 cm³/mol. The number of ether oxygens (including phenoxy) is 1. The van der Waals surface area contributed by atoms with Gasteiger partial charge in [0.1, 0.15) is 0 Å². The van der Waals surface area contributed by atoms with Gasteiger partial charge in [-0.05, 0) is 7.05 Å². The van der Waals surface area contributed by atoms with E-state index in [0.29, 0.717) is 26.3 Å². The van der Waals surface area contributed by atoms with Gasteiger partial charge in [0.2, 0.25) is 0 Å². The summed E-state index contributed by atoms with van der Waals surface area (Å²) in [6, 6.07) is 0. The Morgan fingerprint density at radius 3 is 2.40 bits per heavy atom. The van der Waals surface area contributed by atoms with Crippen molar-refractivity contribution in [3.8, 4) is 0 Å². The van der Waals surface area contributed by atoms with Gasteiger partial charge in [0.25, 0.3) is 0 Å². The standard InChI is InChI=1S/C9H17F3N2O/c1-13(8-9(10,11)12)2-3-14-4-6-15-7-5-14/h2-8H2,1H3. The number of likely N-dealkylation sites (N-methyl/N-ethyl adjacent to an activating group) is 1. The third kappa shape index (κ3) is 5.96. The second-order valence-corrected chi connectivity index (χ2v) is 3.81. The molecular formula is C9H17F3N2O. The molecule has 0 spiro atoms. The van der Waals surface area contributed by atoms with E-state index in [1.54, 1.807) is 0 Å². The van der Waals surface area contributed by atoms with Crippen LogP contribution in [0.1, 0.15) is 0 Å². The molecule has 1 heterocycles. The summed E-state index contributed by atoms with van der Waals surface area (Å²) in [5.74, 6) is 0. The first-order valence-electron chi connectivity index (χ1n) is 5.03. The van der Waals surface area contributed by atoms with Crippen molar-refractivity contribution in [3.05, 3.63) is 0 Å². The van der Waals surface area contributed by atoms with Crippen LogP contribution in [0, 0.1) is 0 Å². The molecule has 0 aromatic heterocycles. The summed E-state index contributed by atoms with van der Waals surface area (Å²) >= 11 is 0. The zero-order valence-electron chi connectivity index (χ0n) is 8.89. The minimum Gasteiger partial charge on any atom is -0.379 e. The van der Waals surface area contributed by atoms with Crippen LogP contribution in [0.2, 0.25) is 0 Å². The number of halogens is 3. The highest BCUT2D eigenvalue weighted by Gasteiger charge is 2.29. The minimum absolute atomic E-state index is 0.444. The lowest BCUT2D eigenvalue weighted by molar-refractivity contribution is -0.143. The van der Waals surface area contributed by atoms with E-state index >= 15 is 0 Å². The summed E-state index contributed by atoms with van der Waals surface area (Å²) < 4.78 is 41.1. The van der Waals surface area contributed by atoms with Gasteiger partial charge in [-0.2, -0.15) is 13.2 Å². The van der Waals surface area contributed by atoms with Crippen molar-refractivity contribution in [2.45, 2.75) is 6.18 Å². The summed E-state index contributed by atoms with van der Waals surface area (Å²) in [6.45, 7) is 3.29. The van der Waals surface area contributed by atoms with Gasteiger partial charge < -0.3 is 4.74 Å². The van der Waals surface area contributed by atoms with E-state index in [4.69, 9.17) is 4.74 Å². The molecule has 6 heteroatoms. The van der Waals surface area contributed by atoms with Gasteiger partial charge in [-0.1, -0.05) is 0 Å². The first-order chi connectivity index (χ1) is 6.97. The normalized spacial score (nSPS) is 19.8. The smallest absolute Gasteiger partial charge is 0.379 e. The molecule has 0 unspecified atom stereocenters. The van der Waals surface area contributed by atoms with E-state index in [2.05, 4.69) is 4.90 Å². The van der Waals surface area contributed by atoms with Gasteiger partial charge in [0.15, 0.2) is 0 Å². The average molecular weight is 226 g/mol. The fourth-order valence-corrected chi connectivity index (χ4v) is 1.52. The van der Waals surface area contributed by atoms with Crippen molar-refractivity contribution < 1.29 is 17.9 Å². The molecule has 3 nitrogen and oxygen atoms in total. The van der Waals surface area contributed by atoms with Gasteiger partial charge in [0, 0.05) is 26.2 Å². The maximum Gasteiger partial charge on any atom is 0.401 e. The topological polar surface area (TPSA) is 15.7 Å². The fourth-order valence-electron chi connectivity index (χ4n) is 1.52. The number of nitrogens with zero attached hydrogens (tertiary/aromatic N) is 2. The zero-order chi connectivity index (χ0) is 11.3. The van der Waals surface area contributed by atoms with E-state index in [1.807, 2.05) is 0 Å². The number of hydrogen-bond donors (Lipinski definition) is 0. The Labute approximate surface area is 87.8 Å². The Morgan fingerprint density at radius 2 is 1.87 bits per heavy atom. The Bertz CT molecular complexity index is 181. The van der Waals surface area contributed by atoms with Crippen LogP contribution < -0.4 is 0 Å². The van der Waals surface area contributed by atoms with E-state index in [9.17, 15) is 13.2 Å². The molecular weight excluding hydrogens is 209 g/mol. The van der Waals surface area contributed by atoms with E-state index in [1.165, 1.54) is 11.9 Å². The van der Waals surface area contributed by atoms with Crippen LogP contribution in [0.3, 0.4) is 0 Å². The van der Waals surface area contributed by atoms with Crippen LogP contribution in [0.4, 0.5) is 13.2 Å². The van der Waals surface area contributed by atoms with Gasteiger partial charge >= 0.3 is 6.18 Å². The molecule has 1 aliphatic rings. The molecule has 0 aromatic rings. The van der Waals surface area contributed by atoms with E-state index in [0.717, 1.165) is 13.1 Å². The highest BCUT2D eigenvalue weighted by Crippen LogP contribution is 2.15. The maximum atomic E-state index is 12.0. The largest absolute Gasteiger partial charge is 0.401 e. The minimum atomic E-state index is -4.10. The Balaban J connectivity index is 2.12. The van der Waals surface area contributed by atoms with Crippen molar-refractivity contribution in [2.24, 2.45) is 0 Å². The molecule has 15 heavy (non-hydrogen) atoms. The van der Waals surface area contributed by atoms with Crippen LogP contribution in [0.15, 0.2) is 0 Å². The molecule has 1 rings (SSSR count). The number of morpholine rings is 1. The maximum absolute atomic E-state index is 12.0. The van der Waals surface area contributed by atoms with Crippen molar-refractivity contribution in [1.29, 1.82) is 0 Å². The second kappa shape index (κ2) is 5.67. The molecule has 0 bridgehead atoms. The van der Waals surface area contributed by atoms with Gasteiger partial charge in [-0.3, -0.25) is 9.80 Å². The molecule has 0 atom stereocenters. The Hall–Kier alpha value is -0.330. The SMILES string of the molecule is CN(CCN1CCOCC1)CC(F)(F)F. The third-order valence-corrected chi connectivity index (χ3v) is 2.35. The third-order valence-electron chi connectivity index (χ3n) is 2.35.